The lowest BCUT2D eigenvalue weighted by Crippen LogP contribution is -2.37. The predicted molar refractivity (Wildman–Crippen MR) is 106 cm³/mol. The van der Waals surface area contributed by atoms with Gasteiger partial charge in [0.15, 0.2) is 0 Å². The smallest absolute Gasteiger partial charge is 0.132 e. The van der Waals surface area contributed by atoms with E-state index in [1.807, 2.05) is 0 Å². The molecule has 0 radical (unpaired) electrons. The molecule has 0 aromatic carbocycles. The molecule has 4 heterocycles. The van der Waals surface area contributed by atoms with Crippen LogP contribution in [0.25, 0.3) is 0 Å². The lowest BCUT2D eigenvalue weighted by Gasteiger charge is -2.27. The Bertz CT molecular complexity index is 615. The Hall–Kier alpha value is -1.24. The van der Waals surface area contributed by atoms with E-state index in [4.69, 9.17) is 4.74 Å². The maximum Gasteiger partial charge on any atom is 0.132 e. The number of nitrogens with zero attached hydrogens (tertiary/aromatic N) is 5. The lowest BCUT2D eigenvalue weighted by molar-refractivity contribution is 0.139. The first-order valence-corrected chi connectivity index (χ1v) is 10.9. The van der Waals surface area contributed by atoms with Gasteiger partial charge in [-0.15, -0.1) is 0 Å². The van der Waals surface area contributed by atoms with E-state index in [0.29, 0.717) is 5.92 Å². The van der Waals surface area contributed by atoms with Crippen LogP contribution in [-0.2, 0) is 4.74 Å². The number of ether oxygens (including phenoxy) is 1. The third-order valence-electron chi connectivity index (χ3n) is 7.13. The monoisotopic (exact) mass is 371 g/mol. The van der Waals surface area contributed by atoms with Crippen molar-refractivity contribution in [3.8, 4) is 0 Å². The van der Waals surface area contributed by atoms with Crippen LogP contribution in [0.5, 0.6) is 0 Å². The largest absolute Gasteiger partial charge is 0.380 e. The first-order chi connectivity index (χ1) is 13.3. The van der Waals surface area contributed by atoms with Crippen LogP contribution >= 0.6 is 0 Å². The van der Waals surface area contributed by atoms with Gasteiger partial charge < -0.3 is 14.5 Å². The fourth-order valence-electron chi connectivity index (χ4n) is 5.23. The first-order valence-electron chi connectivity index (χ1n) is 10.9. The van der Waals surface area contributed by atoms with Crippen LogP contribution in [0.2, 0.25) is 0 Å². The molecule has 4 fully saturated rings. The molecular weight excluding hydrogens is 338 g/mol. The van der Waals surface area contributed by atoms with Crippen LogP contribution in [0.4, 0.5) is 5.82 Å². The summed E-state index contributed by atoms with van der Waals surface area (Å²) in [6.45, 7) is 11.4. The molecule has 6 heteroatoms. The Balaban J connectivity index is 1.12. The van der Waals surface area contributed by atoms with Gasteiger partial charge in [0.2, 0.25) is 0 Å². The lowest BCUT2D eigenvalue weighted by atomic mass is 9.83. The number of aromatic nitrogens is 2. The molecule has 0 bridgehead atoms. The van der Waals surface area contributed by atoms with Crippen molar-refractivity contribution in [2.45, 2.75) is 31.6 Å². The standard InChI is InChI=1S/C21H33N5O/c1-3-17(4-1)20-11-21(23-16-22-20)26-14-18-12-25(13-19(18)15-26)7-6-24-5-2-9-27-10-8-24/h11,16-19H,1-10,12-15H2. The molecule has 1 aliphatic carbocycles. The molecular formula is C21H33N5O. The topological polar surface area (TPSA) is 44.7 Å². The van der Waals surface area contributed by atoms with Gasteiger partial charge in [-0.25, -0.2) is 9.97 Å². The van der Waals surface area contributed by atoms with Crippen LogP contribution < -0.4 is 4.90 Å². The predicted octanol–water partition coefficient (Wildman–Crippen LogP) is 1.83. The van der Waals surface area contributed by atoms with Gasteiger partial charge in [0.05, 0.1) is 6.61 Å². The van der Waals surface area contributed by atoms with Crippen LogP contribution in [0.15, 0.2) is 12.4 Å². The Kier molecular flexibility index (Phi) is 5.29. The summed E-state index contributed by atoms with van der Waals surface area (Å²) < 4.78 is 5.57. The Morgan fingerprint density at radius 1 is 0.889 bits per heavy atom. The van der Waals surface area contributed by atoms with Crippen LogP contribution in [0.3, 0.4) is 0 Å². The fraction of sp³-hybridized carbons (Fsp3) is 0.810. The van der Waals surface area contributed by atoms with Gasteiger partial charge in [-0.2, -0.15) is 0 Å². The molecule has 3 aliphatic heterocycles. The van der Waals surface area contributed by atoms with E-state index >= 15 is 0 Å². The van der Waals surface area contributed by atoms with Gasteiger partial charge in [-0.3, -0.25) is 4.90 Å². The molecule has 4 aliphatic rings. The average molecular weight is 372 g/mol. The van der Waals surface area contributed by atoms with Crippen molar-refractivity contribution < 1.29 is 4.74 Å². The summed E-state index contributed by atoms with van der Waals surface area (Å²) in [6, 6.07) is 2.27. The van der Waals surface area contributed by atoms with Crippen molar-refractivity contribution >= 4 is 5.82 Å². The van der Waals surface area contributed by atoms with E-state index in [1.54, 1.807) is 6.33 Å². The second kappa shape index (κ2) is 8.02. The first kappa shape index (κ1) is 17.8. The van der Waals surface area contributed by atoms with Gasteiger partial charge >= 0.3 is 0 Å². The van der Waals surface area contributed by atoms with Crippen molar-refractivity contribution in [3.05, 3.63) is 18.1 Å². The van der Waals surface area contributed by atoms with Crippen molar-refractivity contribution in [2.75, 3.05) is 70.5 Å². The third-order valence-corrected chi connectivity index (χ3v) is 7.13. The second-order valence-corrected chi connectivity index (χ2v) is 8.92. The SMILES string of the molecule is c1nc(C2CCC2)cc(N2CC3CN(CCN4CCCOCC4)CC3C2)n1. The molecule has 2 atom stereocenters. The Morgan fingerprint density at radius 3 is 2.48 bits per heavy atom. The highest BCUT2D eigenvalue weighted by Crippen LogP contribution is 2.37. The van der Waals surface area contributed by atoms with Gasteiger partial charge in [0.1, 0.15) is 12.1 Å². The minimum Gasteiger partial charge on any atom is -0.380 e. The molecule has 6 nitrogen and oxygen atoms in total. The molecule has 1 aromatic heterocycles. The maximum absolute atomic E-state index is 5.57. The summed E-state index contributed by atoms with van der Waals surface area (Å²) in [4.78, 5) is 16.9. The molecule has 0 N–H and O–H groups in total. The molecule has 3 saturated heterocycles. The zero-order valence-electron chi connectivity index (χ0n) is 16.4. The van der Waals surface area contributed by atoms with Crippen molar-refractivity contribution in [3.63, 3.8) is 0 Å². The van der Waals surface area contributed by atoms with Gasteiger partial charge in [0, 0.05) is 76.6 Å². The minimum absolute atomic E-state index is 0.689. The molecule has 1 saturated carbocycles. The van der Waals surface area contributed by atoms with E-state index in [1.165, 1.54) is 77.2 Å². The summed E-state index contributed by atoms with van der Waals surface area (Å²) in [7, 11) is 0. The molecule has 0 spiro atoms. The van der Waals surface area contributed by atoms with Crippen LogP contribution in [-0.4, -0.2) is 85.3 Å². The van der Waals surface area contributed by atoms with Crippen LogP contribution in [0.1, 0.15) is 37.3 Å². The fourth-order valence-corrected chi connectivity index (χ4v) is 5.23. The highest BCUT2D eigenvalue weighted by molar-refractivity contribution is 5.42. The summed E-state index contributed by atoms with van der Waals surface area (Å²) >= 11 is 0. The van der Waals surface area contributed by atoms with E-state index in [2.05, 4.69) is 30.7 Å². The molecule has 27 heavy (non-hydrogen) atoms. The number of hydrogen-bond acceptors (Lipinski definition) is 6. The van der Waals surface area contributed by atoms with E-state index in [9.17, 15) is 0 Å². The zero-order valence-corrected chi connectivity index (χ0v) is 16.4. The molecule has 0 amide bonds. The Morgan fingerprint density at radius 2 is 1.70 bits per heavy atom. The van der Waals surface area contributed by atoms with Gasteiger partial charge in [-0.1, -0.05) is 6.42 Å². The van der Waals surface area contributed by atoms with Crippen molar-refractivity contribution in [1.29, 1.82) is 0 Å². The number of rotatable bonds is 5. The quantitative estimate of drug-likeness (QED) is 0.787. The summed E-state index contributed by atoms with van der Waals surface area (Å²) in [5.74, 6) is 3.46. The summed E-state index contributed by atoms with van der Waals surface area (Å²) in [5.41, 5.74) is 1.27. The van der Waals surface area contributed by atoms with Crippen molar-refractivity contribution in [1.82, 2.24) is 19.8 Å². The van der Waals surface area contributed by atoms with Gasteiger partial charge in [-0.05, 0) is 31.1 Å². The van der Waals surface area contributed by atoms with E-state index in [-0.39, 0.29) is 0 Å². The average Bonchev–Trinajstić information content (AvgIpc) is 3.08. The zero-order chi connectivity index (χ0) is 18.1. The summed E-state index contributed by atoms with van der Waals surface area (Å²) in [6.07, 6.45) is 6.94. The van der Waals surface area contributed by atoms with Crippen molar-refractivity contribution in [2.24, 2.45) is 11.8 Å². The minimum atomic E-state index is 0.689. The number of likely N-dealkylation sites (tertiary alicyclic amines) is 1. The molecule has 1 aromatic rings. The number of hydrogen-bond donors (Lipinski definition) is 0. The normalized spacial score (nSPS) is 30.3. The second-order valence-electron chi connectivity index (χ2n) is 8.92. The van der Waals surface area contributed by atoms with E-state index in [0.717, 1.165) is 37.4 Å². The molecule has 5 rings (SSSR count). The summed E-state index contributed by atoms with van der Waals surface area (Å²) in [5, 5.41) is 0. The van der Waals surface area contributed by atoms with Crippen LogP contribution in [0, 0.1) is 11.8 Å². The molecule has 148 valence electrons. The third kappa shape index (κ3) is 3.98. The Labute approximate surface area is 162 Å². The maximum atomic E-state index is 5.57. The number of fused-ring (bicyclic) bond motifs is 1. The van der Waals surface area contributed by atoms with E-state index < -0.39 is 0 Å². The number of anilines is 1. The highest BCUT2D eigenvalue weighted by atomic mass is 16.5. The van der Waals surface area contributed by atoms with Gasteiger partial charge in [0.25, 0.3) is 0 Å². The molecule has 2 unspecified atom stereocenters. The highest BCUT2D eigenvalue weighted by Gasteiger charge is 2.40.